The smallest absolute Gasteiger partial charge is 0.222 e. The monoisotopic (exact) mass is 172 g/mol. The molecule has 1 saturated heterocycles. The molecule has 0 aliphatic carbocycles. The Hall–Kier alpha value is -0.610. The van der Waals surface area contributed by atoms with Crippen molar-refractivity contribution in [1.29, 1.82) is 0 Å². The number of carbonyl (C=O) groups is 1. The maximum atomic E-state index is 10.9. The van der Waals surface area contributed by atoms with Gasteiger partial charge in [0, 0.05) is 13.1 Å². The zero-order valence-corrected chi connectivity index (χ0v) is 7.38. The molecule has 1 amide bonds. The van der Waals surface area contributed by atoms with Crippen molar-refractivity contribution in [3.63, 3.8) is 0 Å². The number of ether oxygens (including phenoxy) is 1. The predicted molar refractivity (Wildman–Crippen MR) is 45.6 cm³/mol. The fourth-order valence-corrected chi connectivity index (χ4v) is 1.30. The van der Waals surface area contributed by atoms with E-state index in [2.05, 4.69) is 5.32 Å². The van der Waals surface area contributed by atoms with E-state index in [9.17, 15) is 4.79 Å². The summed E-state index contributed by atoms with van der Waals surface area (Å²) in [6, 6.07) is 0.158. The standard InChI is InChI=1S/C8H16N2O2/c1-10-8(11)4-7-3-2-6(9)5-12-7/h6-7H,2-5,9H2,1H3,(H,10,11)/t6-,7+/m1/s1. The molecule has 1 fully saturated rings. The quantitative estimate of drug-likeness (QED) is 0.597. The van der Waals surface area contributed by atoms with E-state index in [4.69, 9.17) is 10.5 Å². The SMILES string of the molecule is CNC(=O)C[C@@H]1CC[C@@H](N)CO1. The Morgan fingerprint density at radius 2 is 2.42 bits per heavy atom. The minimum Gasteiger partial charge on any atom is -0.376 e. The van der Waals surface area contributed by atoms with Crippen LogP contribution in [-0.2, 0) is 9.53 Å². The van der Waals surface area contributed by atoms with Crippen LogP contribution >= 0.6 is 0 Å². The highest BCUT2D eigenvalue weighted by molar-refractivity contribution is 5.76. The summed E-state index contributed by atoms with van der Waals surface area (Å²) in [6.07, 6.45) is 2.39. The largest absolute Gasteiger partial charge is 0.376 e. The highest BCUT2D eigenvalue weighted by Gasteiger charge is 2.20. The number of carbonyl (C=O) groups excluding carboxylic acids is 1. The molecule has 0 spiro atoms. The molecule has 2 atom stereocenters. The Labute approximate surface area is 72.5 Å². The number of nitrogens with one attached hydrogen (secondary N) is 1. The van der Waals surface area contributed by atoms with E-state index in [0.717, 1.165) is 12.8 Å². The van der Waals surface area contributed by atoms with E-state index in [1.165, 1.54) is 0 Å². The Kier molecular flexibility index (Phi) is 3.49. The third-order valence-electron chi connectivity index (χ3n) is 2.10. The maximum absolute atomic E-state index is 10.9. The molecule has 12 heavy (non-hydrogen) atoms. The minimum absolute atomic E-state index is 0.0375. The summed E-state index contributed by atoms with van der Waals surface area (Å²) >= 11 is 0. The second-order valence-electron chi connectivity index (χ2n) is 3.17. The summed E-state index contributed by atoms with van der Waals surface area (Å²) in [5.41, 5.74) is 5.63. The van der Waals surface area contributed by atoms with E-state index < -0.39 is 0 Å². The number of hydrogen-bond acceptors (Lipinski definition) is 3. The molecule has 0 bridgehead atoms. The first-order valence-electron chi connectivity index (χ1n) is 4.30. The maximum Gasteiger partial charge on any atom is 0.222 e. The van der Waals surface area contributed by atoms with Gasteiger partial charge in [-0.2, -0.15) is 0 Å². The molecule has 0 saturated carbocycles. The molecule has 0 unspecified atom stereocenters. The molecular weight excluding hydrogens is 156 g/mol. The molecule has 0 aromatic heterocycles. The van der Waals surface area contributed by atoms with Crippen LogP contribution < -0.4 is 11.1 Å². The molecule has 4 nitrogen and oxygen atoms in total. The van der Waals surface area contributed by atoms with E-state index in [1.54, 1.807) is 7.05 Å². The van der Waals surface area contributed by atoms with Crippen LogP contribution in [0.5, 0.6) is 0 Å². The van der Waals surface area contributed by atoms with Gasteiger partial charge in [0.25, 0.3) is 0 Å². The van der Waals surface area contributed by atoms with Crippen molar-refractivity contribution < 1.29 is 9.53 Å². The molecule has 0 aromatic carbocycles. The van der Waals surface area contributed by atoms with Crippen LogP contribution in [0.15, 0.2) is 0 Å². The average Bonchev–Trinajstić information content (AvgIpc) is 2.09. The molecule has 0 radical (unpaired) electrons. The van der Waals surface area contributed by atoms with Gasteiger partial charge < -0.3 is 15.8 Å². The third kappa shape index (κ3) is 2.79. The molecule has 1 rings (SSSR count). The lowest BCUT2D eigenvalue weighted by Gasteiger charge is -2.26. The second kappa shape index (κ2) is 4.42. The van der Waals surface area contributed by atoms with E-state index in [-0.39, 0.29) is 18.1 Å². The predicted octanol–water partition coefficient (Wildman–Crippen LogP) is -0.371. The summed E-state index contributed by atoms with van der Waals surface area (Å²) < 4.78 is 5.38. The van der Waals surface area contributed by atoms with Gasteiger partial charge in [0.05, 0.1) is 19.1 Å². The van der Waals surface area contributed by atoms with Crippen LogP contribution in [0, 0.1) is 0 Å². The summed E-state index contributed by atoms with van der Waals surface area (Å²) in [4.78, 5) is 10.9. The Balaban J connectivity index is 2.21. The van der Waals surface area contributed by atoms with E-state index in [1.807, 2.05) is 0 Å². The lowest BCUT2D eigenvalue weighted by molar-refractivity contribution is -0.124. The lowest BCUT2D eigenvalue weighted by atomic mass is 10.0. The first-order chi connectivity index (χ1) is 5.72. The van der Waals surface area contributed by atoms with Crippen LogP contribution in [0.2, 0.25) is 0 Å². The van der Waals surface area contributed by atoms with Gasteiger partial charge in [-0.05, 0) is 12.8 Å². The number of nitrogens with two attached hydrogens (primary N) is 1. The van der Waals surface area contributed by atoms with Crippen molar-refractivity contribution in [3.05, 3.63) is 0 Å². The Morgan fingerprint density at radius 1 is 1.67 bits per heavy atom. The van der Waals surface area contributed by atoms with Crippen LogP contribution in [-0.4, -0.2) is 31.7 Å². The zero-order chi connectivity index (χ0) is 8.97. The van der Waals surface area contributed by atoms with Gasteiger partial charge in [0.15, 0.2) is 0 Å². The summed E-state index contributed by atoms with van der Waals surface area (Å²) in [5.74, 6) is 0.0375. The normalized spacial score (nSPS) is 29.8. The third-order valence-corrected chi connectivity index (χ3v) is 2.10. The molecule has 1 aliphatic heterocycles. The van der Waals surface area contributed by atoms with E-state index in [0.29, 0.717) is 13.0 Å². The molecule has 4 heteroatoms. The van der Waals surface area contributed by atoms with Gasteiger partial charge in [-0.15, -0.1) is 0 Å². The highest BCUT2D eigenvalue weighted by Crippen LogP contribution is 2.14. The second-order valence-corrected chi connectivity index (χ2v) is 3.17. The van der Waals surface area contributed by atoms with Gasteiger partial charge in [0.1, 0.15) is 0 Å². The van der Waals surface area contributed by atoms with Crippen LogP contribution in [0.1, 0.15) is 19.3 Å². The molecule has 1 heterocycles. The molecule has 3 N–H and O–H groups in total. The van der Waals surface area contributed by atoms with Gasteiger partial charge >= 0.3 is 0 Å². The van der Waals surface area contributed by atoms with Gasteiger partial charge in [-0.3, -0.25) is 4.79 Å². The van der Waals surface area contributed by atoms with Crippen molar-refractivity contribution in [2.24, 2.45) is 5.73 Å². The topological polar surface area (TPSA) is 64.4 Å². The average molecular weight is 172 g/mol. The molecule has 0 aromatic rings. The van der Waals surface area contributed by atoms with Crippen molar-refractivity contribution in [1.82, 2.24) is 5.32 Å². The fourth-order valence-electron chi connectivity index (χ4n) is 1.30. The van der Waals surface area contributed by atoms with Crippen molar-refractivity contribution in [2.45, 2.75) is 31.4 Å². The Morgan fingerprint density at radius 3 is 2.92 bits per heavy atom. The van der Waals surface area contributed by atoms with Crippen molar-refractivity contribution in [2.75, 3.05) is 13.7 Å². The summed E-state index contributed by atoms with van der Waals surface area (Å²) in [7, 11) is 1.64. The summed E-state index contributed by atoms with van der Waals surface area (Å²) in [5, 5.41) is 2.57. The Bertz CT molecular complexity index is 153. The van der Waals surface area contributed by atoms with Crippen LogP contribution in [0.4, 0.5) is 0 Å². The first-order valence-corrected chi connectivity index (χ1v) is 4.30. The van der Waals surface area contributed by atoms with Gasteiger partial charge in [-0.1, -0.05) is 0 Å². The number of rotatable bonds is 2. The van der Waals surface area contributed by atoms with Gasteiger partial charge in [-0.25, -0.2) is 0 Å². The van der Waals surface area contributed by atoms with Crippen molar-refractivity contribution >= 4 is 5.91 Å². The molecular formula is C8H16N2O2. The minimum atomic E-state index is 0.0375. The summed E-state index contributed by atoms with van der Waals surface area (Å²) in [6.45, 7) is 0.585. The zero-order valence-electron chi connectivity index (χ0n) is 7.38. The van der Waals surface area contributed by atoms with Crippen LogP contribution in [0.25, 0.3) is 0 Å². The van der Waals surface area contributed by atoms with Crippen LogP contribution in [0.3, 0.4) is 0 Å². The van der Waals surface area contributed by atoms with E-state index >= 15 is 0 Å². The highest BCUT2D eigenvalue weighted by atomic mass is 16.5. The number of amides is 1. The fraction of sp³-hybridized carbons (Fsp3) is 0.875. The molecule has 70 valence electrons. The first kappa shape index (κ1) is 9.48. The van der Waals surface area contributed by atoms with Crippen molar-refractivity contribution in [3.8, 4) is 0 Å². The molecule has 1 aliphatic rings. The van der Waals surface area contributed by atoms with Gasteiger partial charge in [0.2, 0.25) is 5.91 Å². The lowest BCUT2D eigenvalue weighted by Crippen LogP contribution is -2.37. The number of hydrogen-bond donors (Lipinski definition) is 2.